The van der Waals surface area contributed by atoms with Crippen LogP contribution in [0.4, 0.5) is 0 Å². The Balaban J connectivity index is 2.56. The normalized spacial score (nSPS) is 23.2. The highest BCUT2D eigenvalue weighted by molar-refractivity contribution is 5.84. The minimum atomic E-state index is -1.25. The maximum Gasteiger partial charge on any atom is 0.253 e. The number of likely N-dealkylation sites (N-methyl/N-ethyl adjacent to an activating group) is 1. The molecule has 1 atom stereocenters. The quantitative estimate of drug-likeness (QED) is 0.615. The van der Waals surface area contributed by atoms with Crippen molar-refractivity contribution in [2.75, 3.05) is 20.1 Å². The van der Waals surface area contributed by atoms with Gasteiger partial charge in [-0.1, -0.05) is 0 Å². The van der Waals surface area contributed by atoms with Crippen LogP contribution in [0.3, 0.4) is 0 Å². The Hall–Kier alpha value is -0.610. The zero-order chi connectivity index (χ0) is 10.1. The number of aliphatic hydroxyl groups is 1. The van der Waals surface area contributed by atoms with E-state index in [0.717, 1.165) is 19.5 Å². The Bertz CT molecular complexity index is 192. The summed E-state index contributed by atoms with van der Waals surface area (Å²) in [5.41, 5.74) is -1.25. The lowest BCUT2D eigenvalue weighted by atomic mass is 10.1. The first-order valence-electron chi connectivity index (χ1n) is 4.63. The molecule has 1 aliphatic rings. The van der Waals surface area contributed by atoms with Gasteiger partial charge in [-0.3, -0.25) is 4.79 Å². The molecule has 1 unspecified atom stereocenters. The van der Waals surface area contributed by atoms with Crippen LogP contribution in [0.25, 0.3) is 0 Å². The van der Waals surface area contributed by atoms with Gasteiger partial charge in [-0.15, -0.1) is 0 Å². The van der Waals surface area contributed by atoms with Crippen LogP contribution in [0.15, 0.2) is 0 Å². The summed E-state index contributed by atoms with van der Waals surface area (Å²) in [4.78, 5) is 13.2. The molecule has 0 aromatic heterocycles. The second-order valence-corrected chi connectivity index (χ2v) is 4.12. The number of nitrogens with one attached hydrogen (secondary N) is 1. The zero-order valence-electron chi connectivity index (χ0n) is 8.50. The van der Waals surface area contributed by atoms with Crippen LogP contribution < -0.4 is 5.32 Å². The van der Waals surface area contributed by atoms with Gasteiger partial charge in [-0.05, 0) is 26.8 Å². The van der Waals surface area contributed by atoms with Crippen LogP contribution in [0.5, 0.6) is 0 Å². The molecule has 4 nitrogen and oxygen atoms in total. The lowest BCUT2D eigenvalue weighted by Crippen LogP contribution is -2.48. The summed E-state index contributed by atoms with van der Waals surface area (Å²) in [5, 5.41) is 12.7. The molecule has 0 radical (unpaired) electrons. The second kappa shape index (κ2) is 3.64. The average Bonchev–Trinajstić information content (AvgIpc) is 2.51. The summed E-state index contributed by atoms with van der Waals surface area (Å²) in [6, 6.07) is 0.235. The Morgan fingerprint density at radius 3 is 2.62 bits per heavy atom. The van der Waals surface area contributed by atoms with Crippen molar-refractivity contribution in [2.24, 2.45) is 0 Å². The molecule has 0 aromatic carbocycles. The molecule has 1 fully saturated rings. The van der Waals surface area contributed by atoms with Gasteiger partial charge in [-0.2, -0.15) is 0 Å². The third-order valence-electron chi connectivity index (χ3n) is 2.43. The van der Waals surface area contributed by atoms with E-state index in [4.69, 9.17) is 0 Å². The highest BCUT2D eigenvalue weighted by Crippen LogP contribution is 2.12. The molecule has 1 aliphatic heterocycles. The maximum atomic E-state index is 11.6. The first kappa shape index (κ1) is 10.5. The molecule has 0 bridgehead atoms. The molecule has 76 valence electrons. The summed E-state index contributed by atoms with van der Waals surface area (Å²) in [6.07, 6.45) is 0.971. The van der Waals surface area contributed by atoms with Gasteiger partial charge in [0.15, 0.2) is 0 Å². The van der Waals surface area contributed by atoms with Crippen LogP contribution in [0, 0.1) is 0 Å². The topological polar surface area (TPSA) is 52.6 Å². The van der Waals surface area contributed by atoms with Gasteiger partial charge in [0, 0.05) is 19.6 Å². The Morgan fingerprint density at radius 2 is 2.23 bits per heavy atom. The van der Waals surface area contributed by atoms with Gasteiger partial charge in [0.25, 0.3) is 5.91 Å². The van der Waals surface area contributed by atoms with E-state index in [1.54, 1.807) is 11.9 Å². The highest BCUT2D eigenvalue weighted by Gasteiger charge is 2.32. The smallest absolute Gasteiger partial charge is 0.253 e. The van der Waals surface area contributed by atoms with E-state index in [1.165, 1.54) is 13.8 Å². The van der Waals surface area contributed by atoms with Crippen molar-refractivity contribution in [3.05, 3.63) is 0 Å². The second-order valence-electron chi connectivity index (χ2n) is 4.12. The molecule has 1 heterocycles. The highest BCUT2D eigenvalue weighted by atomic mass is 16.3. The van der Waals surface area contributed by atoms with Crippen molar-refractivity contribution < 1.29 is 9.90 Å². The van der Waals surface area contributed by atoms with Crippen LogP contribution >= 0.6 is 0 Å². The van der Waals surface area contributed by atoms with Crippen molar-refractivity contribution in [1.82, 2.24) is 10.2 Å². The van der Waals surface area contributed by atoms with E-state index >= 15 is 0 Å². The molecule has 1 amide bonds. The lowest BCUT2D eigenvalue weighted by molar-refractivity contribution is -0.148. The molecule has 0 spiro atoms. The predicted octanol–water partition coefficient (Wildman–Crippen LogP) is -0.422. The van der Waals surface area contributed by atoms with E-state index in [1.807, 2.05) is 0 Å². The average molecular weight is 186 g/mol. The van der Waals surface area contributed by atoms with Crippen LogP contribution in [0.2, 0.25) is 0 Å². The number of nitrogens with zero attached hydrogens (tertiary/aromatic N) is 1. The lowest BCUT2D eigenvalue weighted by Gasteiger charge is -2.29. The molecule has 4 heteroatoms. The maximum absolute atomic E-state index is 11.6. The van der Waals surface area contributed by atoms with Crippen molar-refractivity contribution >= 4 is 5.91 Å². The first-order chi connectivity index (χ1) is 5.93. The van der Waals surface area contributed by atoms with E-state index in [9.17, 15) is 9.90 Å². The molecule has 1 saturated heterocycles. The molecule has 0 aliphatic carbocycles. The summed E-state index contributed by atoms with van der Waals surface area (Å²) >= 11 is 0. The fraction of sp³-hybridized carbons (Fsp3) is 0.889. The number of hydrogen-bond acceptors (Lipinski definition) is 3. The number of carbonyl (C=O) groups excluding carboxylic acids is 1. The van der Waals surface area contributed by atoms with Gasteiger partial charge in [0.05, 0.1) is 0 Å². The number of hydrogen-bond donors (Lipinski definition) is 2. The Kier molecular flexibility index (Phi) is 2.93. The third-order valence-corrected chi connectivity index (χ3v) is 2.43. The predicted molar refractivity (Wildman–Crippen MR) is 50.3 cm³/mol. The molecule has 0 aromatic rings. The first-order valence-corrected chi connectivity index (χ1v) is 4.63. The van der Waals surface area contributed by atoms with Crippen molar-refractivity contribution in [2.45, 2.75) is 31.9 Å². The molecule has 2 N–H and O–H groups in total. The van der Waals surface area contributed by atoms with E-state index in [-0.39, 0.29) is 11.9 Å². The fourth-order valence-electron chi connectivity index (χ4n) is 1.57. The van der Waals surface area contributed by atoms with Crippen molar-refractivity contribution in [1.29, 1.82) is 0 Å². The Morgan fingerprint density at radius 1 is 1.62 bits per heavy atom. The molecular formula is C9H18N2O2. The van der Waals surface area contributed by atoms with E-state index in [0.29, 0.717) is 0 Å². The van der Waals surface area contributed by atoms with Gasteiger partial charge in [-0.25, -0.2) is 0 Å². The summed E-state index contributed by atoms with van der Waals surface area (Å²) < 4.78 is 0. The van der Waals surface area contributed by atoms with Crippen LogP contribution in [-0.2, 0) is 4.79 Å². The summed E-state index contributed by atoms with van der Waals surface area (Å²) in [5.74, 6) is -0.207. The monoisotopic (exact) mass is 186 g/mol. The van der Waals surface area contributed by atoms with E-state index < -0.39 is 5.60 Å². The number of rotatable bonds is 2. The largest absolute Gasteiger partial charge is 0.381 e. The molecule has 1 rings (SSSR count). The minimum absolute atomic E-state index is 0.207. The third kappa shape index (κ3) is 2.42. The van der Waals surface area contributed by atoms with Crippen molar-refractivity contribution in [3.8, 4) is 0 Å². The molecule has 0 saturated carbocycles. The number of amides is 1. The van der Waals surface area contributed by atoms with Crippen LogP contribution in [-0.4, -0.2) is 47.7 Å². The molecular weight excluding hydrogens is 168 g/mol. The van der Waals surface area contributed by atoms with Gasteiger partial charge in [0.1, 0.15) is 5.60 Å². The zero-order valence-corrected chi connectivity index (χ0v) is 8.50. The SMILES string of the molecule is CN(C(=O)C(C)(C)O)C1CCNC1. The molecule has 13 heavy (non-hydrogen) atoms. The Labute approximate surface area is 78.9 Å². The standard InChI is InChI=1S/C9H18N2O2/c1-9(2,13)8(12)11(3)7-4-5-10-6-7/h7,10,13H,4-6H2,1-3H3. The minimum Gasteiger partial charge on any atom is -0.381 e. The fourth-order valence-corrected chi connectivity index (χ4v) is 1.57. The van der Waals surface area contributed by atoms with Gasteiger partial charge >= 0.3 is 0 Å². The van der Waals surface area contributed by atoms with E-state index in [2.05, 4.69) is 5.32 Å². The van der Waals surface area contributed by atoms with Gasteiger partial charge in [0.2, 0.25) is 0 Å². The van der Waals surface area contributed by atoms with Crippen LogP contribution in [0.1, 0.15) is 20.3 Å². The summed E-state index contributed by atoms with van der Waals surface area (Å²) in [7, 11) is 1.75. The summed E-state index contributed by atoms with van der Waals surface area (Å²) in [6.45, 7) is 4.83. The number of carbonyl (C=O) groups is 1. The van der Waals surface area contributed by atoms with Crippen molar-refractivity contribution in [3.63, 3.8) is 0 Å². The van der Waals surface area contributed by atoms with Gasteiger partial charge < -0.3 is 15.3 Å².